The van der Waals surface area contributed by atoms with Gasteiger partial charge in [0.05, 0.1) is 14.2 Å². The molecular formula is C10H13NO6S2. The van der Waals surface area contributed by atoms with E-state index in [1.54, 1.807) is 0 Å². The smallest absolute Gasteiger partial charge is 0.349 e. The lowest BCUT2D eigenvalue weighted by atomic mass is 10.4. The summed E-state index contributed by atoms with van der Waals surface area (Å²) in [5.74, 6) is -1.47. The van der Waals surface area contributed by atoms with Crippen LogP contribution in [0.25, 0.3) is 0 Å². The van der Waals surface area contributed by atoms with E-state index in [1.165, 1.54) is 18.4 Å². The molecule has 1 heterocycles. The summed E-state index contributed by atoms with van der Waals surface area (Å²) in [6.07, 6.45) is 0. The summed E-state index contributed by atoms with van der Waals surface area (Å²) < 4.78 is 35.1. The normalized spacial score (nSPS) is 12.8. The molecule has 0 spiro atoms. The summed E-state index contributed by atoms with van der Waals surface area (Å²) in [4.78, 5) is 22.3. The van der Waals surface area contributed by atoms with Gasteiger partial charge < -0.3 is 9.47 Å². The molecule has 1 atom stereocenters. The van der Waals surface area contributed by atoms with Crippen molar-refractivity contribution in [1.29, 1.82) is 0 Å². The standard InChI is InChI=1S/C10H13NO6S2/c1-6(9(12)16-2)11-19(14,15)7-4-5-18-8(7)10(13)17-3/h4-6,11H,1-3H3/t6-/m0/s1. The third-order valence-corrected chi connectivity index (χ3v) is 4.78. The maximum Gasteiger partial charge on any atom is 0.349 e. The molecule has 0 radical (unpaired) electrons. The first-order valence-corrected chi connectivity index (χ1v) is 7.45. The van der Waals surface area contributed by atoms with E-state index in [-0.39, 0.29) is 9.77 Å². The van der Waals surface area contributed by atoms with Crippen LogP contribution >= 0.6 is 11.3 Å². The Balaban J connectivity index is 3.05. The average molecular weight is 307 g/mol. The van der Waals surface area contributed by atoms with E-state index >= 15 is 0 Å². The third kappa shape index (κ3) is 3.52. The third-order valence-electron chi connectivity index (χ3n) is 2.18. The number of rotatable bonds is 5. The van der Waals surface area contributed by atoms with Gasteiger partial charge in [-0.05, 0) is 18.4 Å². The molecule has 1 N–H and O–H groups in total. The highest BCUT2D eigenvalue weighted by Gasteiger charge is 2.28. The number of hydrogen-bond acceptors (Lipinski definition) is 7. The Bertz CT molecular complexity index is 577. The van der Waals surface area contributed by atoms with Gasteiger partial charge >= 0.3 is 11.9 Å². The van der Waals surface area contributed by atoms with Gasteiger partial charge in [0.1, 0.15) is 15.8 Å². The first-order valence-electron chi connectivity index (χ1n) is 5.09. The molecule has 106 valence electrons. The Morgan fingerprint density at radius 2 is 1.95 bits per heavy atom. The van der Waals surface area contributed by atoms with E-state index in [2.05, 4.69) is 14.2 Å². The fraction of sp³-hybridized carbons (Fsp3) is 0.400. The Morgan fingerprint density at radius 3 is 2.47 bits per heavy atom. The summed E-state index contributed by atoms with van der Waals surface area (Å²) >= 11 is 0.940. The Hall–Kier alpha value is -1.45. The topological polar surface area (TPSA) is 98.8 Å². The molecule has 0 unspecified atom stereocenters. The Kier molecular flexibility index (Phi) is 5.04. The molecule has 0 aliphatic rings. The number of thiophene rings is 1. The van der Waals surface area contributed by atoms with Crippen molar-refractivity contribution >= 4 is 33.3 Å². The highest BCUT2D eigenvalue weighted by molar-refractivity contribution is 7.89. The molecule has 9 heteroatoms. The van der Waals surface area contributed by atoms with Crippen LogP contribution < -0.4 is 4.72 Å². The average Bonchev–Trinajstić information content (AvgIpc) is 2.86. The number of ether oxygens (including phenoxy) is 2. The van der Waals surface area contributed by atoms with Crippen LogP contribution in [0, 0.1) is 0 Å². The number of esters is 2. The van der Waals surface area contributed by atoms with Gasteiger partial charge in [-0.1, -0.05) is 0 Å². The van der Waals surface area contributed by atoms with Crippen LogP contribution in [0.2, 0.25) is 0 Å². The van der Waals surface area contributed by atoms with Gasteiger partial charge in [-0.2, -0.15) is 4.72 Å². The minimum Gasteiger partial charge on any atom is -0.468 e. The van der Waals surface area contributed by atoms with Gasteiger partial charge in [0.15, 0.2) is 0 Å². The molecule has 0 saturated heterocycles. The van der Waals surface area contributed by atoms with Crippen LogP contribution in [0.3, 0.4) is 0 Å². The van der Waals surface area contributed by atoms with Gasteiger partial charge in [-0.15, -0.1) is 11.3 Å². The minimum absolute atomic E-state index is 0.0490. The summed E-state index contributed by atoms with van der Waals surface area (Å²) in [7, 11) is -1.69. The summed E-state index contributed by atoms with van der Waals surface area (Å²) in [5, 5.41) is 1.45. The molecule has 0 aliphatic heterocycles. The number of carbonyl (C=O) groups is 2. The first kappa shape index (κ1) is 15.6. The van der Waals surface area contributed by atoms with Crippen LogP contribution in [-0.2, 0) is 24.3 Å². The van der Waals surface area contributed by atoms with Crippen molar-refractivity contribution in [2.45, 2.75) is 17.9 Å². The monoisotopic (exact) mass is 307 g/mol. The molecule has 0 amide bonds. The SMILES string of the molecule is COC(=O)c1sccc1S(=O)(=O)N[C@@H](C)C(=O)OC. The minimum atomic E-state index is -4.00. The van der Waals surface area contributed by atoms with E-state index in [0.29, 0.717) is 0 Å². The predicted octanol–water partition coefficient (Wildman–Crippen LogP) is 0.375. The number of methoxy groups -OCH3 is 2. The highest BCUT2D eigenvalue weighted by Crippen LogP contribution is 2.22. The van der Waals surface area contributed by atoms with Crippen molar-refractivity contribution < 1.29 is 27.5 Å². The van der Waals surface area contributed by atoms with Crippen molar-refractivity contribution in [2.24, 2.45) is 0 Å². The van der Waals surface area contributed by atoms with Crippen LogP contribution in [0.1, 0.15) is 16.6 Å². The van der Waals surface area contributed by atoms with Crippen LogP contribution in [-0.4, -0.2) is 40.6 Å². The second kappa shape index (κ2) is 6.13. The van der Waals surface area contributed by atoms with E-state index in [9.17, 15) is 18.0 Å². The largest absolute Gasteiger partial charge is 0.468 e. The zero-order chi connectivity index (χ0) is 14.6. The number of nitrogens with one attached hydrogen (secondary N) is 1. The molecule has 7 nitrogen and oxygen atoms in total. The van der Waals surface area contributed by atoms with Crippen LogP contribution in [0.4, 0.5) is 0 Å². The van der Waals surface area contributed by atoms with E-state index in [4.69, 9.17) is 0 Å². The van der Waals surface area contributed by atoms with Crippen molar-refractivity contribution in [2.75, 3.05) is 14.2 Å². The lowest BCUT2D eigenvalue weighted by Gasteiger charge is -2.12. The molecule has 1 rings (SSSR count). The molecule has 1 aromatic heterocycles. The second-order valence-electron chi connectivity index (χ2n) is 3.47. The molecule has 0 aromatic carbocycles. The van der Waals surface area contributed by atoms with Gasteiger partial charge in [0.25, 0.3) is 0 Å². The van der Waals surface area contributed by atoms with E-state index in [1.807, 2.05) is 0 Å². The van der Waals surface area contributed by atoms with Gasteiger partial charge in [0, 0.05) is 0 Å². The van der Waals surface area contributed by atoms with Crippen molar-refractivity contribution in [3.63, 3.8) is 0 Å². The van der Waals surface area contributed by atoms with E-state index < -0.39 is 28.0 Å². The zero-order valence-corrected chi connectivity index (χ0v) is 12.1. The van der Waals surface area contributed by atoms with Gasteiger partial charge in [-0.25, -0.2) is 13.2 Å². The maximum atomic E-state index is 12.0. The second-order valence-corrected chi connectivity index (χ2v) is 6.07. The van der Waals surface area contributed by atoms with Crippen LogP contribution in [0.15, 0.2) is 16.3 Å². The van der Waals surface area contributed by atoms with Crippen molar-refractivity contribution in [1.82, 2.24) is 4.72 Å². The molecule has 0 fully saturated rings. The van der Waals surface area contributed by atoms with Crippen molar-refractivity contribution in [3.8, 4) is 0 Å². The van der Waals surface area contributed by atoms with Gasteiger partial charge in [0.2, 0.25) is 10.0 Å². The molecule has 1 aromatic rings. The lowest BCUT2D eigenvalue weighted by molar-refractivity contribution is -0.142. The molecule has 19 heavy (non-hydrogen) atoms. The lowest BCUT2D eigenvalue weighted by Crippen LogP contribution is -2.39. The van der Waals surface area contributed by atoms with Crippen molar-refractivity contribution in [3.05, 3.63) is 16.3 Å². The predicted molar refractivity (Wildman–Crippen MR) is 67.5 cm³/mol. The van der Waals surface area contributed by atoms with Crippen LogP contribution in [0.5, 0.6) is 0 Å². The number of hydrogen-bond donors (Lipinski definition) is 1. The molecular weight excluding hydrogens is 294 g/mol. The van der Waals surface area contributed by atoms with E-state index in [0.717, 1.165) is 25.6 Å². The molecule has 0 aliphatic carbocycles. The molecule has 0 bridgehead atoms. The fourth-order valence-electron chi connectivity index (χ4n) is 1.27. The number of sulfonamides is 1. The fourth-order valence-corrected chi connectivity index (χ4v) is 3.80. The highest BCUT2D eigenvalue weighted by atomic mass is 32.2. The zero-order valence-electron chi connectivity index (χ0n) is 10.5. The first-order chi connectivity index (χ1) is 8.83. The maximum absolute atomic E-state index is 12.0. The number of carbonyl (C=O) groups excluding carboxylic acids is 2. The Labute approximate surface area is 114 Å². The van der Waals surface area contributed by atoms with Gasteiger partial charge in [-0.3, -0.25) is 4.79 Å². The molecule has 0 saturated carbocycles. The summed E-state index contributed by atoms with van der Waals surface area (Å²) in [6, 6.07) is 0.212. The summed E-state index contributed by atoms with van der Waals surface area (Å²) in [6.45, 7) is 1.34. The summed E-state index contributed by atoms with van der Waals surface area (Å²) in [5.41, 5.74) is 0. The quantitative estimate of drug-likeness (QED) is 0.789. The Morgan fingerprint density at radius 1 is 1.32 bits per heavy atom.